The van der Waals surface area contributed by atoms with E-state index in [0.717, 1.165) is 19.3 Å². The van der Waals surface area contributed by atoms with E-state index in [4.69, 9.17) is 4.74 Å². The lowest BCUT2D eigenvalue weighted by molar-refractivity contribution is -0.344. The molecule has 0 aromatic heterocycles. The Kier molecular flexibility index (Phi) is 8.84. The SMILES string of the molecule is CCCCCCOC(=O)C(NC(=O)C(F)(F)C(F)(F)C(F)(F)F)C(C)C. The Morgan fingerprint density at radius 2 is 1.50 bits per heavy atom. The standard InChI is InChI=1S/C15H22F7NO3/c1-4-5-6-7-8-26-11(24)10(9(2)3)23-12(25)13(16,17)14(18,19)15(20,21)22/h9-10H,4-8H2,1-3H3,(H,23,25). The maximum absolute atomic E-state index is 13.3. The summed E-state index contributed by atoms with van der Waals surface area (Å²) in [6.07, 6.45) is -3.69. The van der Waals surface area contributed by atoms with Gasteiger partial charge in [-0.1, -0.05) is 40.0 Å². The first-order chi connectivity index (χ1) is 11.7. The third-order valence-electron chi connectivity index (χ3n) is 3.48. The fraction of sp³-hybridized carbons (Fsp3) is 0.867. The van der Waals surface area contributed by atoms with Gasteiger partial charge in [0.1, 0.15) is 6.04 Å². The molecular formula is C15H22F7NO3. The van der Waals surface area contributed by atoms with Gasteiger partial charge in [-0.15, -0.1) is 0 Å². The normalized spacial score (nSPS) is 14.3. The van der Waals surface area contributed by atoms with Gasteiger partial charge < -0.3 is 10.1 Å². The van der Waals surface area contributed by atoms with Crippen LogP contribution in [0.3, 0.4) is 0 Å². The molecule has 0 bridgehead atoms. The number of amides is 1. The number of esters is 1. The van der Waals surface area contributed by atoms with Crippen molar-refractivity contribution in [2.24, 2.45) is 5.92 Å². The van der Waals surface area contributed by atoms with E-state index in [1.807, 2.05) is 6.92 Å². The number of unbranched alkanes of at least 4 members (excludes halogenated alkanes) is 3. The summed E-state index contributed by atoms with van der Waals surface area (Å²) in [7, 11) is 0. The Labute approximate surface area is 146 Å². The molecule has 0 radical (unpaired) electrons. The van der Waals surface area contributed by atoms with E-state index in [0.29, 0.717) is 6.42 Å². The van der Waals surface area contributed by atoms with Gasteiger partial charge in [-0.2, -0.15) is 30.7 Å². The number of alkyl halides is 7. The molecule has 0 fully saturated rings. The van der Waals surface area contributed by atoms with Crippen molar-refractivity contribution in [3.63, 3.8) is 0 Å². The average Bonchev–Trinajstić information content (AvgIpc) is 2.50. The van der Waals surface area contributed by atoms with Crippen LogP contribution in [0.15, 0.2) is 0 Å². The lowest BCUT2D eigenvalue weighted by Gasteiger charge is -2.29. The van der Waals surface area contributed by atoms with Gasteiger partial charge in [0.05, 0.1) is 6.61 Å². The molecule has 1 N–H and O–H groups in total. The molecule has 1 unspecified atom stereocenters. The summed E-state index contributed by atoms with van der Waals surface area (Å²) in [6, 6.07) is -1.79. The molecule has 1 amide bonds. The number of carbonyl (C=O) groups is 2. The Balaban J connectivity index is 5.04. The van der Waals surface area contributed by atoms with E-state index < -0.39 is 41.9 Å². The zero-order valence-corrected chi connectivity index (χ0v) is 14.6. The van der Waals surface area contributed by atoms with Crippen LogP contribution >= 0.6 is 0 Å². The number of halogens is 7. The molecule has 154 valence electrons. The van der Waals surface area contributed by atoms with Crippen LogP contribution in [0.2, 0.25) is 0 Å². The molecule has 0 aliphatic rings. The zero-order valence-electron chi connectivity index (χ0n) is 14.6. The van der Waals surface area contributed by atoms with Crippen molar-refractivity contribution in [3.8, 4) is 0 Å². The first kappa shape index (κ1) is 24.5. The molecule has 0 spiro atoms. The van der Waals surface area contributed by atoms with Crippen molar-refractivity contribution in [2.45, 2.75) is 70.5 Å². The molecule has 11 heteroatoms. The fourth-order valence-electron chi connectivity index (χ4n) is 1.84. The summed E-state index contributed by atoms with van der Waals surface area (Å²) in [5.74, 6) is -17.6. The second kappa shape index (κ2) is 9.40. The van der Waals surface area contributed by atoms with Gasteiger partial charge in [-0.05, 0) is 12.3 Å². The third-order valence-corrected chi connectivity index (χ3v) is 3.48. The maximum atomic E-state index is 13.3. The van der Waals surface area contributed by atoms with Crippen molar-refractivity contribution in [3.05, 3.63) is 0 Å². The van der Waals surface area contributed by atoms with Crippen LogP contribution in [0.4, 0.5) is 30.7 Å². The van der Waals surface area contributed by atoms with Gasteiger partial charge >= 0.3 is 24.0 Å². The topological polar surface area (TPSA) is 55.4 Å². The summed E-state index contributed by atoms with van der Waals surface area (Å²) in [4.78, 5) is 23.2. The highest BCUT2D eigenvalue weighted by atomic mass is 19.4. The molecule has 0 rings (SSSR count). The summed E-state index contributed by atoms with van der Waals surface area (Å²) in [5, 5.41) is 1.24. The number of hydrogen-bond donors (Lipinski definition) is 1. The molecular weight excluding hydrogens is 375 g/mol. The highest BCUT2D eigenvalue weighted by Crippen LogP contribution is 2.46. The molecule has 0 saturated carbocycles. The van der Waals surface area contributed by atoms with Crippen LogP contribution in [-0.4, -0.2) is 42.5 Å². The van der Waals surface area contributed by atoms with Crippen molar-refractivity contribution in [1.29, 1.82) is 0 Å². The first-order valence-electron chi connectivity index (χ1n) is 8.00. The summed E-state index contributed by atoms with van der Waals surface area (Å²) >= 11 is 0. The summed E-state index contributed by atoms with van der Waals surface area (Å²) in [6.45, 7) is 4.41. The highest BCUT2D eigenvalue weighted by molar-refractivity contribution is 5.89. The van der Waals surface area contributed by atoms with Gasteiger partial charge in [0, 0.05) is 0 Å². The largest absolute Gasteiger partial charge is 0.464 e. The van der Waals surface area contributed by atoms with Gasteiger partial charge in [0.15, 0.2) is 0 Å². The van der Waals surface area contributed by atoms with E-state index >= 15 is 0 Å². The third kappa shape index (κ3) is 6.01. The quantitative estimate of drug-likeness (QED) is 0.343. The van der Waals surface area contributed by atoms with E-state index in [-0.39, 0.29) is 6.61 Å². The molecule has 0 aliphatic heterocycles. The molecule has 26 heavy (non-hydrogen) atoms. The van der Waals surface area contributed by atoms with E-state index in [2.05, 4.69) is 0 Å². The van der Waals surface area contributed by atoms with Crippen molar-refractivity contribution < 1.29 is 45.1 Å². The van der Waals surface area contributed by atoms with Crippen LogP contribution in [0.25, 0.3) is 0 Å². The monoisotopic (exact) mass is 397 g/mol. The second-order valence-corrected chi connectivity index (χ2v) is 6.07. The first-order valence-corrected chi connectivity index (χ1v) is 8.00. The van der Waals surface area contributed by atoms with E-state index in [1.54, 1.807) is 0 Å². The van der Waals surface area contributed by atoms with Crippen LogP contribution < -0.4 is 5.32 Å². The number of rotatable bonds is 10. The van der Waals surface area contributed by atoms with Gasteiger partial charge in [-0.25, -0.2) is 4.79 Å². The van der Waals surface area contributed by atoms with Crippen LogP contribution in [0.5, 0.6) is 0 Å². The average molecular weight is 397 g/mol. The van der Waals surface area contributed by atoms with Crippen LogP contribution in [0, 0.1) is 5.92 Å². The minimum Gasteiger partial charge on any atom is -0.464 e. The number of hydrogen-bond acceptors (Lipinski definition) is 3. The smallest absolute Gasteiger partial charge is 0.460 e. The predicted molar refractivity (Wildman–Crippen MR) is 77.8 cm³/mol. The minimum absolute atomic E-state index is 0.0903. The zero-order chi connectivity index (χ0) is 20.8. The number of ether oxygens (including phenoxy) is 1. The van der Waals surface area contributed by atoms with Gasteiger partial charge in [0.25, 0.3) is 5.91 Å². The Hall–Kier alpha value is -1.55. The van der Waals surface area contributed by atoms with Gasteiger partial charge in [0.2, 0.25) is 0 Å². The molecule has 0 saturated heterocycles. The second-order valence-electron chi connectivity index (χ2n) is 6.07. The van der Waals surface area contributed by atoms with Crippen molar-refractivity contribution in [1.82, 2.24) is 5.32 Å². The van der Waals surface area contributed by atoms with Crippen molar-refractivity contribution in [2.75, 3.05) is 6.61 Å². The fourth-order valence-corrected chi connectivity index (χ4v) is 1.84. The molecule has 0 heterocycles. The van der Waals surface area contributed by atoms with Crippen LogP contribution in [0.1, 0.15) is 46.5 Å². The predicted octanol–water partition coefficient (Wildman–Crippen LogP) is 4.08. The Morgan fingerprint density at radius 1 is 0.962 bits per heavy atom. The molecule has 1 atom stereocenters. The molecule has 0 aromatic rings. The summed E-state index contributed by atoms with van der Waals surface area (Å²) in [5.41, 5.74) is 0. The number of carbonyl (C=O) groups excluding carboxylic acids is 2. The summed E-state index contributed by atoms with van der Waals surface area (Å²) < 4.78 is 93.5. The van der Waals surface area contributed by atoms with E-state index in [1.165, 1.54) is 19.2 Å². The van der Waals surface area contributed by atoms with Gasteiger partial charge in [-0.3, -0.25) is 4.79 Å². The lowest BCUT2D eigenvalue weighted by atomic mass is 10.0. The Bertz CT molecular complexity index is 478. The number of nitrogens with one attached hydrogen (secondary N) is 1. The molecule has 4 nitrogen and oxygen atoms in total. The maximum Gasteiger partial charge on any atom is 0.460 e. The highest BCUT2D eigenvalue weighted by Gasteiger charge is 2.76. The van der Waals surface area contributed by atoms with Crippen molar-refractivity contribution >= 4 is 11.9 Å². The van der Waals surface area contributed by atoms with E-state index in [9.17, 15) is 40.3 Å². The van der Waals surface area contributed by atoms with Crippen LogP contribution in [-0.2, 0) is 14.3 Å². The Morgan fingerprint density at radius 3 is 1.92 bits per heavy atom. The lowest BCUT2D eigenvalue weighted by Crippen LogP contribution is -2.62. The minimum atomic E-state index is -6.64. The molecule has 0 aliphatic carbocycles. The molecule has 0 aromatic carbocycles.